The summed E-state index contributed by atoms with van der Waals surface area (Å²) in [5, 5.41) is 6.36. The highest BCUT2D eigenvalue weighted by atomic mass is 14.9. The van der Waals surface area contributed by atoms with Gasteiger partial charge in [0.2, 0.25) is 0 Å². The number of benzene rings is 2. The molecule has 1 nitrogen and oxygen atoms in total. The van der Waals surface area contributed by atoms with Crippen LogP contribution in [0.1, 0.15) is 37.3 Å². The van der Waals surface area contributed by atoms with Gasteiger partial charge in [0.15, 0.2) is 0 Å². The van der Waals surface area contributed by atoms with E-state index in [0.29, 0.717) is 6.04 Å². The molecule has 1 fully saturated rings. The summed E-state index contributed by atoms with van der Waals surface area (Å²) in [6.45, 7) is 1.16. The van der Waals surface area contributed by atoms with Crippen LogP contribution in [0, 0.1) is 0 Å². The van der Waals surface area contributed by atoms with Gasteiger partial charge in [-0.15, -0.1) is 0 Å². The lowest BCUT2D eigenvalue weighted by Crippen LogP contribution is -2.20. The van der Waals surface area contributed by atoms with Crippen molar-refractivity contribution in [2.75, 3.05) is 6.54 Å². The molecule has 88 valence electrons. The number of hydrogen-bond donors (Lipinski definition) is 1. The largest absolute Gasteiger partial charge is 0.310 e. The predicted octanol–water partition coefficient (Wildman–Crippen LogP) is 4.04. The summed E-state index contributed by atoms with van der Waals surface area (Å²) in [6, 6.07) is 16.0. The lowest BCUT2D eigenvalue weighted by Gasteiger charge is -2.16. The maximum atomic E-state index is 3.66. The Balaban J connectivity index is 1.93. The van der Waals surface area contributed by atoms with Gasteiger partial charge in [-0.1, -0.05) is 49.2 Å². The number of hydrogen-bond acceptors (Lipinski definition) is 1. The third-order valence-electron chi connectivity index (χ3n) is 3.74. The Morgan fingerprint density at radius 2 is 1.76 bits per heavy atom. The van der Waals surface area contributed by atoms with Crippen LogP contribution >= 0.6 is 0 Å². The summed E-state index contributed by atoms with van der Waals surface area (Å²) in [7, 11) is 0. The lowest BCUT2D eigenvalue weighted by atomic mass is 9.99. The standard InChI is InChI=1S/C16H19N/c1-2-8-16(17-11-5-1)15-10-9-13-6-3-4-7-14(13)12-15/h3-4,6-7,9-10,12,16-17H,1-2,5,8,11H2/t16-/m1/s1. The van der Waals surface area contributed by atoms with E-state index in [9.17, 15) is 0 Å². The van der Waals surface area contributed by atoms with E-state index in [2.05, 4.69) is 47.8 Å². The second-order valence-electron chi connectivity index (χ2n) is 4.96. The molecule has 1 aliphatic rings. The molecule has 3 rings (SSSR count). The molecule has 1 heteroatoms. The first-order chi connectivity index (χ1) is 8.43. The fourth-order valence-electron chi connectivity index (χ4n) is 2.74. The van der Waals surface area contributed by atoms with Crippen molar-refractivity contribution in [2.45, 2.75) is 31.7 Å². The van der Waals surface area contributed by atoms with Crippen LogP contribution in [-0.4, -0.2) is 6.54 Å². The van der Waals surface area contributed by atoms with Crippen molar-refractivity contribution in [2.24, 2.45) is 0 Å². The maximum absolute atomic E-state index is 3.66. The maximum Gasteiger partial charge on any atom is 0.0320 e. The average Bonchev–Trinajstić information content (AvgIpc) is 2.67. The molecular weight excluding hydrogens is 206 g/mol. The van der Waals surface area contributed by atoms with Crippen LogP contribution in [0.4, 0.5) is 0 Å². The summed E-state index contributed by atoms with van der Waals surface area (Å²) in [5.74, 6) is 0. The highest BCUT2D eigenvalue weighted by Crippen LogP contribution is 2.25. The smallest absolute Gasteiger partial charge is 0.0320 e. The van der Waals surface area contributed by atoms with E-state index in [0.717, 1.165) is 6.54 Å². The minimum atomic E-state index is 0.558. The third kappa shape index (κ3) is 2.34. The Bertz CT molecular complexity index is 496. The van der Waals surface area contributed by atoms with Crippen molar-refractivity contribution in [3.05, 3.63) is 48.0 Å². The highest BCUT2D eigenvalue weighted by Gasteiger charge is 2.13. The Morgan fingerprint density at radius 1 is 0.882 bits per heavy atom. The molecule has 2 aromatic carbocycles. The summed E-state index contributed by atoms with van der Waals surface area (Å²) in [6.07, 6.45) is 5.32. The molecular formula is C16H19N. The van der Waals surface area contributed by atoms with Crippen molar-refractivity contribution in [3.8, 4) is 0 Å². The normalized spacial score (nSPS) is 21.3. The lowest BCUT2D eigenvalue weighted by molar-refractivity contribution is 0.535. The molecule has 17 heavy (non-hydrogen) atoms. The topological polar surface area (TPSA) is 12.0 Å². The third-order valence-corrected chi connectivity index (χ3v) is 3.74. The minimum absolute atomic E-state index is 0.558. The van der Waals surface area contributed by atoms with E-state index in [1.165, 1.54) is 42.0 Å². The van der Waals surface area contributed by atoms with E-state index in [-0.39, 0.29) is 0 Å². The Labute approximate surface area is 103 Å². The van der Waals surface area contributed by atoms with E-state index in [1.807, 2.05) is 0 Å². The minimum Gasteiger partial charge on any atom is -0.310 e. The zero-order chi connectivity index (χ0) is 11.5. The summed E-state index contributed by atoms with van der Waals surface area (Å²) in [5.41, 5.74) is 1.45. The Kier molecular flexibility index (Phi) is 3.10. The van der Waals surface area contributed by atoms with Crippen molar-refractivity contribution in [1.29, 1.82) is 0 Å². The zero-order valence-electron chi connectivity index (χ0n) is 10.2. The van der Waals surface area contributed by atoms with Crippen LogP contribution in [0.25, 0.3) is 10.8 Å². The molecule has 0 amide bonds. The fraction of sp³-hybridized carbons (Fsp3) is 0.375. The van der Waals surface area contributed by atoms with Gasteiger partial charge >= 0.3 is 0 Å². The number of nitrogens with one attached hydrogen (secondary N) is 1. The first-order valence-corrected chi connectivity index (χ1v) is 6.65. The molecule has 0 saturated carbocycles. The van der Waals surface area contributed by atoms with Crippen LogP contribution in [-0.2, 0) is 0 Å². The van der Waals surface area contributed by atoms with Gasteiger partial charge in [-0.2, -0.15) is 0 Å². The molecule has 1 heterocycles. The van der Waals surface area contributed by atoms with Crippen LogP contribution in [0.5, 0.6) is 0 Å². The molecule has 0 aliphatic carbocycles. The van der Waals surface area contributed by atoms with E-state index in [1.54, 1.807) is 0 Å². The van der Waals surface area contributed by atoms with Crippen molar-refractivity contribution in [3.63, 3.8) is 0 Å². The molecule has 0 aromatic heterocycles. The number of rotatable bonds is 1. The molecule has 0 spiro atoms. The second-order valence-corrected chi connectivity index (χ2v) is 4.96. The molecule has 0 unspecified atom stereocenters. The van der Waals surface area contributed by atoms with Crippen LogP contribution in [0.15, 0.2) is 42.5 Å². The first kappa shape index (κ1) is 10.8. The van der Waals surface area contributed by atoms with E-state index in [4.69, 9.17) is 0 Å². The summed E-state index contributed by atoms with van der Waals surface area (Å²) in [4.78, 5) is 0. The van der Waals surface area contributed by atoms with Gasteiger partial charge in [0, 0.05) is 6.04 Å². The van der Waals surface area contributed by atoms with Crippen LogP contribution < -0.4 is 5.32 Å². The molecule has 1 N–H and O–H groups in total. The molecule has 2 aromatic rings. The highest BCUT2D eigenvalue weighted by molar-refractivity contribution is 5.83. The SMILES string of the molecule is c1ccc2cc([C@H]3CCCCCN3)ccc2c1. The first-order valence-electron chi connectivity index (χ1n) is 6.65. The van der Waals surface area contributed by atoms with Gasteiger partial charge in [-0.25, -0.2) is 0 Å². The summed E-state index contributed by atoms with van der Waals surface area (Å²) < 4.78 is 0. The van der Waals surface area contributed by atoms with Gasteiger partial charge < -0.3 is 5.32 Å². The van der Waals surface area contributed by atoms with Gasteiger partial charge in [0.05, 0.1) is 0 Å². The van der Waals surface area contributed by atoms with E-state index < -0.39 is 0 Å². The molecule has 0 bridgehead atoms. The van der Waals surface area contributed by atoms with Gasteiger partial charge in [0.25, 0.3) is 0 Å². The zero-order valence-corrected chi connectivity index (χ0v) is 10.2. The van der Waals surface area contributed by atoms with Crippen molar-refractivity contribution in [1.82, 2.24) is 5.32 Å². The quantitative estimate of drug-likeness (QED) is 0.772. The van der Waals surface area contributed by atoms with E-state index >= 15 is 0 Å². The van der Waals surface area contributed by atoms with Crippen molar-refractivity contribution >= 4 is 10.8 Å². The second kappa shape index (κ2) is 4.89. The Morgan fingerprint density at radius 3 is 2.71 bits per heavy atom. The van der Waals surface area contributed by atoms with Crippen LogP contribution in [0.3, 0.4) is 0 Å². The fourth-order valence-corrected chi connectivity index (χ4v) is 2.74. The van der Waals surface area contributed by atoms with Crippen LogP contribution in [0.2, 0.25) is 0 Å². The average molecular weight is 225 g/mol. The Hall–Kier alpha value is -1.34. The number of fused-ring (bicyclic) bond motifs is 1. The van der Waals surface area contributed by atoms with Gasteiger partial charge in [-0.05, 0) is 41.8 Å². The van der Waals surface area contributed by atoms with Crippen molar-refractivity contribution < 1.29 is 0 Å². The van der Waals surface area contributed by atoms with Gasteiger partial charge in [-0.3, -0.25) is 0 Å². The molecule has 1 aliphatic heterocycles. The molecule has 1 atom stereocenters. The monoisotopic (exact) mass is 225 g/mol. The molecule has 0 radical (unpaired) electrons. The molecule has 1 saturated heterocycles. The van der Waals surface area contributed by atoms with Gasteiger partial charge in [0.1, 0.15) is 0 Å². The summed E-state index contributed by atoms with van der Waals surface area (Å²) >= 11 is 0. The predicted molar refractivity (Wildman–Crippen MR) is 73.2 cm³/mol.